The first-order valence-electron chi connectivity index (χ1n) is 7.22. The van der Waals surface area contributed by atoms with Gasteiger partial charge in [-0.25, -0.2) is 4.98 Å². The number of aromatic nitrogens is 1. The molecular formula is C15H26N2S. The second-order valence-electron chi connectivity index (χ2n) is 6.14. The first kappa shape index (κ1) is 14.0. The summed E-state index contributed by atoms with van der Waals surface area (Å²) < 4.78 is 0. The normalized spacial score (nSPS) is 20.4. The van der Waals surface area contributed by atoms with Crippen molar-refractivity contribution in [2.45, 2.75) is 58.4 Å². The number of nitrogens with one attached hydrogen (secondary N) is 1. The van der Waals surface area contributed by atoms with E-state index in [9.17, 15) is 0 Å². The minimum absolute atomic E-state index is 0.509. The van der Waals surface area contributed by atoms with E-state index in [4.69, 9.17) is 0 Å². The van der Waals surface area contributed by atoms with Gasteiger partial charge in [0.2, 0.25) is 0 Å². The Morgan fingerprint density at radius 3 is 2.61 bits per heavy atom. The Kier molecular flexibility index (Phi) is 4.79. The molecule has 3 heteroatoms. The topological polar surface area (TPSA) is 24.9 Å². The van der Waals surface area contributed by atoms with Crippen LogP contribution in [-0.2, 0) is 6.42 Å². The summed E-state index contributed by atoms with van der Waals surface area (Å²) in [7, 11) is 2.12. The molecular weight excluding hydrogens is 240 g/mol. The van der Waals surface area contributed by atoms with Crippen LogP contribution >= 0.6 is 11.3 Å². The zero-order valence-corrected chi connectivity index (χ0v) is 12.7. The molecule has 1 atom stereocenters. The molecule has 1 fully saturated rings. The summed E-state index contributed by atoms with van der Waals surface area (Å²) in [6.45, 7) is 4.71. The lowest BCUT2D eigenvalue weighted by Crippen LogP contribution is -2.44. The molecule has 1 unspecified atom stereocenters. The number of hydrogen-bond donors (Lipinski definition) is 1. The fourth-order valence-electron chi connectivity index (χ4n) is 3.74. The van der Waals surface area contributed by atoms with E-state index in [-0.39, 0.29) is 0 Å². The van der Waals surface area contributed by atoms with Crippen LogP contribution in [-0.4, -0.2) is 18.1 Å². The molecule has 0 amide bonds. The summed E-state index contributed by atoms with van der Waals surface area (Å²) in [4.78, 5) is 4.46. The molecule has 102 valence electrons. The van der Waals surface area contributed by atoms with Gasteiger partial charge in [-0.05, 0) is 37.6 Å². The van der Waals surface area contributed by atoms with Crippen LogP contribution in [0.5, 0.6) is 0 Å². The molecule has 0 aromatic carbocycles. The highest BCUT2D eigenvalue weighted by molar-refractivity contribution is 7.09. The Morgan fingerprint density at radius 1 is 1.39 bits per heavy atom. The number of hydrogen-bond acceptors (Lipinski definition) is 3. The van der Waals surface area contributed by atoms with Gasteiger partial charge < -0.3 is 5.32 Å². The standard InChI is InChI=1S/C15H26N2S/c1-12(2)11-15(6-4-5-7-15)13(16-3)10-14-17-8-9-18-14/h8-9,12-13,16H,4-7,10-11H2,1-3H3. The summed E-state index contributed by atoms with van der Waals surface area (Å²) in [5.41, 5.74) is 0.509. The van der Waals surface area contributed by atoms with Gasteiger partial charge in [0.1, 0.15) is 0 Å². The molecule has 1 saturated carbocycles. The molecule has 0 spiro atoms. The smallest absolute Gasteiger partial charge is 0.0940 e. The second kappa shape index (κ2) is 6.16. The van der Waals surface area contributed by atoms with E-state index in [1.807, 2.05) is 6.20 Å². The Bertz CT molecular complexity index is 339. The van der Waals surface area contributed by atoms with Crippen LogP contribution in [0.2, 0.25) is 0 Å². The Labute approximate surface area is 115 Å². The quantitative estimate of drug-likeness (QED) is 0.845. The molecule has 0 saturated heterocycles. The van der Waals surface area contributed by atoms with Gasteiger partial charge in [-0.3, -0.25) is 0 Å². The number of likely N-dealkylation sites (N-methyl/N-ethyl adjacent to an activating group) is 1. The summed E-state index contributed by atoms with van der Waals surface area (Å²) in [5, 5.41) is 6.97. The number of thiazole rings is 1. The van der Waals surface area contributed by atoms with Crippen molar-refractivity contribution in [3.05, 3.63) is 16.6 Å². The minimum Gasteiger partial charge on any atom is -0.316 e. The molecule has 2 rings (SSSR count). The first-order chi connectivity index (χ1) is 8.66. The van der Waals surface area contributed by atoms with Gasteiger partial charge in [0.25, 0.3) is 0 Å². The van der Waals surface area contributed by atoms with Crippen molar-refractivity contribution in [2.24, 2.45) is 11.3 Å². The number of nitrogens with zero attached hydrogens (tertiary/aromatic N) is 1. The van der Waals surface area contributed by atoms with Gasteiger partial charge in [-0.1, -0.05) is 26.7 Å². The monoisotopic (exact) mass is 266 g/mol. The average molecular weight is 266 g/mol. The molecule has 0 radical (unpaired) electrons. The highest BCUT2D eigenvalue weighted by Gasteiger charge is 2.41. The van der Waals surface area contributed by atoms with Gasteiger partial charge in [0.15, 0.2) is 0 Å². The van der Waals surface area contributed by atoms with Gasteiger partial charge in [0.05, 0.1) is 5.01 Å². The van der Waals surface area contributed by atoms with Crippen molar-refractivity contribution in [1.82, 2.24) is 10.3 Å². The molecule has 18 heavy (non-hydrogen) atoms. The maximum Gasteiger partial charge on any atom is 0.0940 e. The van der Waals surface area contributed by atoms with E-state index in [1.54, 1.807) is 11.3 Å². The van der Waals surface area contributed by atoms with E-state index in [0.29, 0.717) is 11.5 Å². The molecule has 1 aliphatic carbocycles. The maximum absolute atomic E-state index is 4.46. The lowest BCUT2D eigenvalue weighted by molar-refractivity contribution is 0.160. The fraction of sp³-hybridized carbons (Fsp3) is 0.800. The van der Waals surface area contributed by atoms with Crippen LogP contribution in [0.4, 0.5) is 0 Å². The molecule has 1 N–H and O–H groups in total. The van der Waals surface area contributed by atoms with Crippen LogP contribution in [0.1, 0.15) is 51.0 Å². The second-order valence-corrected chi connectivity index (χ2v) is 7.12. The zero-order valence-electron chi connectivity index (χ0n) is 11.9. The summed E-state index contributed by atoms with van der Waals surface area (Å²) >= 11 is 1.79. The predicted octanol–water partition coefficient (Wildman–Crippen LogP) is 3.88. The van der Waals surface area contributed by atoms with Crippen molar-refractivity contribution in [1.29, 1.82) is 0 Å². The molecule has 0 aliphatic heterocycles. The summed E-state index contributed by atoms with van der Waals surface area (Å²) in [6.07, 6.45) is 9.97. The zero-order chi connectivity index (χ0) is 13.0. The molecule has 0 bridgehead atoms. The van der Waals surface area contributed by atoms with Gasteiger partial charge in [-0.15, -0.1) is 11.3 Å². The Balaban J connectivity index is 2.11. The third-order valence-electron chi connectivity index (χ3n) is 4.36. The molecule has 1 heterocycles. The van der Waals surface area contributed by atoms with Gasteiger partial charge >= 0.3 is 0 Å². The van der Waals surface area contributed by atoms with Crippen LogP contribution in [0.25, 0.3) is 0 Å². The van der Waals surface area contributed by atoms with E-state index >= 15 is 0 Å². The summed E-state index contributed by atoms with van der Waals surface area (Å²) in [5.74, 6) is 0.787. The van der Waals surface area contributed by atoms with Crippen molar-refractivity contribution in [3.8, 4) is 0 Å². The van der Waals surface area contributed by atoms with Crippen LogP contribution in [0, 0.1) is 11.3 Å². The van der Waals surface area contributed by atoms with E-state index in [2.05, 4.69) is 36.6 Å². The lowest BCUT2D eigenvalue weighted by atomic mass is 9.71. The molecule has 1 aliphatic rings. The fourth-order valence-corrected chi connectivity index (χ4v) is 4.40. The molecule has 1 aromatic rings. The van der Waals surface area contributed by atoms with Gasteiger partial charge in [0, 0.05) is 24.0 Å². The third kappa shape index (κ3) is 3.12. The molecule has 2 nitrogen and oxygen atoms in total. The highest BCUT2D eigenvalue weighted by atomic mass is 32.1. The van der Waals surface area contributed by atoms with Crippen LogP contribution < -0.4 is 5.32 Å². The lowest BCUT2D eigenvalue weighted by Gasteiger charge is -2.39. The number of rotatable bonds is 6. The minimum atomic E-state index is 0.509. The van der Waals surface area contributed by atoms with E-state index < -0.39 is 0 Å². The maximum atomic E-state index is 4.46. The Morgan fingerprint density at radius 2 is 2.11 bits per heavy atom. The highest BCUT2D eigenvalue weighted by Crippen LogP contribution is 2.46. The largest absolute Gasteiger partial charge is 0.316 e. The van der Waals surface area contributed by atoms with Crippen molar-refractivity contribution >= 4 is 11.3 Å². The van der Waals surface area contributed by atoms with Crippen LogP contribution in [0.15, 0.2) is 11.6 Å². The third-order valence-corrected chi connectivity index (χ3v) is 5.17. The van der Waals surface area contributed by atoms with Crippen molar-refractivity contribution in [2.75, 3.05) is 7.05 Å². The van der Waals surface area contributed by atoms with Crippen LogP contribution in [0.3, 0.4) is 0 Å². The predicted molar refractivity (Wildman–Crippen MR) is 79.0 cm³/mol. The van der Waals surface area contributed by atoms with Crippen molar-refractivity contribution in [3.63, 3.8) is 0 Å². The van der Waals surface area contributed by atoms with Gasteiger partial charge in [-0.2, -0.15) is 0 Å². The van der Waals surface area contributed by atoms with Crippen molar-refractivity contribution < 1.29 is 0 Å². The SMILES string of the molecule is CNC(Cc1nccs1)C1(CC(C)C)CCCC1. The first-order valence-corrected chi connectivity index (χ1v) is 8.10. The summed E-state index contributed by atoms with van der Waals surface area (Å²) in [6, 6.07) is 0.591. The average Bonchev–Trinajstić information content (AvgIpc) is 2.96. The van der Waals surface area contributed by atoms with E-state index in [1.165, 1.54) is 37.1 Å². The molecule has 1 aromatic heterocycles. The van der Waals surface area contributed by atoms with E-state index in [0.717, 1.165) is 12.3 Å². The Hall–Kier alpha value is -0.410.